The molecule has 2 aliphatic rings. The maximum atomic E-state index is 13.8. The Morgan fingerprint density at radius 3 is 2.55 bits per heavy atom. The van der Waals surface area contributed by atoms with Crippen molar-refractivity contribution in [3.8, 4) is 5.75 Å². The van der Waals surface area contributed by atoms with Gasteiger partial charge in [0.1, 0.15) is 12.4 Å². The molecule has 3 aromatic rings. The topological polar surface area (TPSA) is 80.6 Å². The lowest BCUT2D eigenvalue weighted by atomic mass is 9.73. The second-order valence-electron chi connectivity index (χ2n) is 11.0. The predicted octanol–water partition coefficient (Wildman–Crippen LogP) is 4.46. The molecule has 8 nitrogen and oxygen atoms in total. The number of nitrogens with zero attached hydrogens (tertiary/aromatic N) is 5. The molecule has 4 heterocycles. The third-order valence-electron chi connectivity index (χ3n) is 8.39. The number of carbonyl (C=O) groups is 2. The van der Waals surface area contributed by atoms with Crippen LogP contribution in [0.5, 0.6) is 5.75 Å². The Bertz CT molecular complexity index is 1340. The lowest BCUT2D eigenvalue weighted by Gasteiger charge is -2.42. The number of hydrogen-bond acceptors (Lipinski definition) is 5. The van der Waals surface area contributed by atoms with Gasteiger partial charge in [0.2, 0.25) is 5.91 Å². The van der Waals surface area contributed by atoms with Crippen LogP contribution in [0.25, 0.3) is 11.0 Å². The van der Waals surface area contributed by atoms with Crippen LogP contribution in [0.15, 0.2) is 30.3 Å². The smallest absolute Gasteiger partial charge is 0.254 e. The number of rotatable bonds is 1. The Morgan fingerprint density at radius 1 is 1.00 bits per heavy atom. The van der Waals surface area contributed by atoms with Gasteiger partial charge < -0.3 is 14.5 Å². The van der Waals surface area contributed by atoms with Crippen LogP contribution in [0.3, 0.4) is 0 Å². The molecule has 2 aliphatic heterocycles. The highest BCUT2D eigenvalue weighted by Crippen LogP contribution is 2.39. The van der Waals surface area contributed by atoms with E-state index in [2.05, 4.69) is 22.2 Å². The van der Waals surface area contributed by atoms with Gasteiger partial charge in [-0.3, -0.25) is 14.3 Å². The van der Waals surface area contributed by atoms with E-state index in [1.54, 1.807) is 4.68 Å². The van der Waals surface area contributed by atoms with Crippen LogP contribution in [-0.2, 0) is 18.3 Å². The molecule has 0 radical (unpaired) electrons. The van der Waals surface area contributed by atoms with Gasteiger partial charge in [0, 0.05) is 32.9 Å². The first-order chi connectivity index (χ1) is 18.3. The summed E-state index contributed by atoms with van der Waals surface area (Å²) in [5.74, 6) is 1.12. The highest BCUT2D eigenvalue weighted by molar-refractivity contribution is 6.06. The van der Waals surface area contributed by atoms with Crippen molar-refractivity contribution in [3.05, 3.63) is 52.8 Å². The van der Waals surface area contributed by atoms with Crippen molar-refractivity contribution in [1.82, 2.24) is 24.6 Å². The zero-order valence-corrected chi connectivity index (χ0v) is 23.1. The number of benzene rings is 1. The summed E-state index contributed by atoms with van der Waals surface area (Å²) >= 11 is 0. The maximum Gasteiger partial charge on any atom is 0.254 e. The molecule has 2 amide bonds. The number of piperidine rings is 1. The van der Waals surface area contributed by atoms with E-state index in [-0.39, 0.29) is 11.8 Å². The van der Waals surface area contributed by atoms with Crippen molar-refractivity contribution in [2.24, 2.45) is 12.5 Å². The lowest BCUT2D eigenvalue weighted by molar-refractivity contribution is -0.144. The number of hydrogen-bond donors (Lipinski definition) is 0. The molecular formula is C30H39N5O3. The molecule has 0 unspecified atom stereocenters. The highest BCUT2D eigenvalue weighted by atomic mass is 16.5. The Kier molecular flexibility index (Phi) is 7.41. The average Bonchev–Trinajstić information content (AvgIpc) is 3.20. The summed E-state index contributed by atoms with van der Waals surface area (Å²) in [6.45, 7) is 6.00. The fourth-order valence-electron chi connectivity index (χ4n) is 6.22. The normalized spacial score (nSPS) is 18.9. The minimum absolute atomic E-state index is 0.00283. The van der Waals surface area contributed by atoms with Crippen LogP contribution < -0.4 is 4.74 Å². The van der Waals surface area contributed by atoms with Crippen LogP contribution >= 0.6 is 0 Å². The molecule has 8 heteroatoms. The van der Waals surface area contributed by atoms with Crippen molar-refractivity contribution in [1.29, 1.82) is 0 Å². The van der Waals surface area contributed by atoms with Gasteiger partial charge in [-0.05, 0) is 63.6 Å². The summed E-state index contributed by atoms with van der Waals surface area (Å²) in [5, 5.41) is 5.32. The molecule has 0 N–H and O–H groups in total. The monoisotopic (exact) mass is 517 g/mol. The van der Waals surface area contributed by atoms with Gasteiger partial charge in [-0.25, -0.2) is 4.98 Å². The van der Waals surface area contributed by atoms with Crippen molar-refractivity contribution < 1.29 is 14.3 Å². The molecule has 0 bridgehead atoms. The average molecular weight is 518 g/mol. The molecule has 1 saturated heterocycles. The lowest BCUT2D eigenvalue weighted by Crippen LogP contribution is -2.51. The largest absolute Gasteiger partial charge is 0.491 e. The van der Waals surface area contributed by atoms with Gasteiger partial charge in [0.15, 0.2) is 5.65 Å². The third-order valence-corrected chi connectivity index (χ3v) is 8.39. The predicted molar refractivity (Wildman–Crippen MR) is 147 cm³/mol. The Morgan fingerprint density at radius 2 is 1.76 bits per heavy atom. The molecular weight excluding hydrogens is 478 g/mol. The van der Waals surface area contributed by atoms with E-state index >= 15 is 0 Å². The second-order valence-corrected chi connectivity index (χ2v) is 11.0. The number of fused-ring (bicyclic) bond motifs is 2. The molecule has 0 aliphatic carbocycles. The second kappa shape index (κ2) is 10.8. The molecule has 0 saturated carbocycles. The Hall–Kier alpha value is -3.42. The van der Waals surface area contributed by atoms with Gasteiger partial charge >= 0.3 is 0 Å². The van der Waals surface area contributed by atoms with Crippen LogP contribution in [0, 0.1) is 19.3 Å². The maximum absolute atomic E-state index is 13.8. The fourth-order valence-corrected chi connectivity index (χ4v) is 6.22. The molecule has 1 aromatic carbocycles. The van der Waals surface area contributed by atoms with Crippen LogP contribution in [0.4, 0.5) is 0 Å². The van der Waals surface area contributed by atoms with Gasteiger partial charge in [0.05, 0.1) is 28.6 Å². The number of likely N-dealkylation sites (N-methyl/N-ethyl adjacent to an activating group) is 1. The quantitative estimate of drug-likeness (QED) is 0.476. The summed E-state index contributed by atoms with van der Waals surface area (Å²) in [7, 11) is 3.75. The summed E-state index contributed by atoms with van der Waals surface area (Å²) in [4.78, 5) is 35.9. The van der Waals surface area contributed by atoms with E-state index < -0.39 is 5.41 Å². The molecule has 2 aromatic heterocycles. The SMILES string of the molecule is Cc1cc(C(=O)N2CCC3(CCCCCc4ccccc4OCCN(C)C3=O)CC2)c2c(C)nn(C)c2n1. The van der Waals surface area contributed by atoms with Crippen LogP contribution in [0.2, 0.25) is 0 Å². The Balaban J connectivity index is 1.32. The van der Waals surface area contributed by atoms with E-state index in [0.717, 1.165) is 60.3 Å². The number of carbonyl (C=O) groups excluding carboxylic acids is 2. The third kappa shape index (κ3) is 5.00. The van der Waals surface area contributed by atoms with Crippen LogP contribution in [-0.4, -0.2) is 69.7 Å². The molecule has 202 valence electrons. The van der Waals surface area contributed by atoms with E-state index in [1.165, 1.54) is 5.56 Å². The van der Waals surface area contributed by atoms with Crippen molar-refractivity contribution in [2.45, 2.75) is 58.8 Å². The van der Waals surface area contributed by atoms with E-state index in [0.29, 0.717) is 44.6 Å². The standard InChI is InChI=1S/C30H39N5O3/c1-21-20-24(26-22(2)32-34(4)27(26)31-21)28(36)35-16-14-30(15-17-35)13-9-5-6-10-23-11-7-8-12-25(23)38-19-18-33(3)29(30)37/h7-8,11-12,20H,5-6,9-10,13-19H2,1-4H3. The number of amides is 2. The van der Waals surface area contributed by atoms with Gasteiger partial charge in [-0.1, -0.05) is 31.0 Å². The van der Waals surface area contributed by atoms with Crippen molar-refractivity contribution >= 4 is 22.8 Å². The number of pyridine rings is 1. The summed E-state index contributed by atoms with van der Waals surface area (Å²) in [6, 6.07) is 10.1. The van der Waals surface area contributed by atoms with Crippen molar-refractivity contribution in [3.63, 3.8) is 0 Å². The minimum Gasteiger partial charge on any atom is -0.491 e. The number of likely N-dealkylation sites (tertiary alicyclic amines) is 1. The number of aromatic nitrogens is 3. The summed E-state index contributed by atoms with van der Waals surface area (Å²) in [6.07, 6.45) is 6.38. The molecule has 0 atom stereocenters. The Labute approximate surface area is 225 Å². The molecule has 5 rings (SSSR count). The highest BCUT2D eigenvalue weighted by Gasteiger charge is 2.43. The molecule has 1 spiro atoms. The first kappa shape index (κ1) is 26.2. The first-order valence-corrected chi connectivity index (χ1v) is 13.9. The van der Waals surface area contributed by atoms with E-state index in [9.17, 15) is 9.59 Å². The summed E-state index contributed by atoms with van der Waals surface area (Å²) < 4.78 is 7.83. The van der Waals surface area contributed by atoms with Gasteiger partial charge in [-0.15, -0.1) is 0 Å². The zero-order chi connectivity index (χ0) is 26.9. The molecule has 1 fully saturated rings. The fraction of sp³-hybridized carbons (Fsp3) is 0.533. The minimum atomic E-state index is -0.430. The van der Waals surface area contributed by atoms with Gasteiger partial charge in [-0.2, -0.15) is 5.10 Å². The van der Waals surface area contributed by atoms with Crippen LogP contribution in [0.1, 0.15) is 65.8 Å². The van der Waals surface area contributed by atoms with Crippen molar-refractivity contribution in [2.75, 3.05) is 33.3 Å². The van der Waals surface area contributed by atoms with E-state index in [1.807, 2.05) is 55.9 Å². The van der Waals surface area contributed by atoms with E-state index in [4.69, 9.17) is 4.74 Å². The summed E-state index contributed by atoms with van der Waals surface area (Å²) in [5.41, 5.74) is 3.81. The first-order valence-electron chi connectivity index (χ1n) is 13.9. The zero-order valence-electron chi connectivity index (χ0n) is 23.1. The number of ether oxygens (including phenoxy) is 1. The number of para-hydroxylation sites is 1. The number of aryl methyl sites for hydroxylation is 4. The molecule has 38 heavy (non-hydrogen) atoms. The van der Waals surface area contributed by atoms with Gasteiger partial charge in [0.25, 0.3) is 5.91 Å².